The van der Waals surface area contributed by atoms with Crippen molar-refractivity contribution in [3.05, 3.63) is 35.9 Å². The van der Waals surface area contributed by atoms with Crippen molar-refractivity contribution in [2.75, 3.05) is 34.0 Å². The number of carbonyl (C=O) groups is 1. The predicted molar refractivity (Wildman–Crippen MR) is 102 cm³/mol. The Labute approximate surface area is 164 Å². The first-order valence-electron chi connectivity index (χ1n) is 9.34. The molecule has 2 amide bonds. The molecule has 0 saturated carbocycles. The Hall–Kier alpha value is -2.81. The molecule has 0 fully saturated rings. The van der Waals surface area contributed by atoms with E-state index < -0.39 is 0 Å². The monoisotopic (exact) mass is 389 g/mol. The normalized spacial score (nSPS) is 15.0. The summed E-state index contributed by atoms with van der Waals surface area (Å²) >= 11 is 0. The number of urea groups is 1. The highest BCUT2D eigenvalue weighted by molar-refractivity contribution is 5.74. The number of aromatic nitrogens is 3. The van der Waals surface area contributed by atoms with E-state index in [1.54, 1.807) is 25.4 Å². The number of carbonyl (C=O) groups excluding carboxylic acids is 1. The quantitative estimate of drug-likeness (QED) is 0.813. The second-order valence-corrected chi connectivity index (χ2v) is 6.62. The first kappa shape index (κ1) is 19.9. The number of methoxy groups -OCH3 is 2. The number of nitrogens with zero attached hydrogens (tertiary/aromatic N) is 4. The van der Waals surface area contributed by atoms with E-state index in [9.17, 15) is 4.79 Å². The van der Waals surface area contributed by atoms with E-state index in [2.05, 4.69) is 15.5 Å². The number of nitrogens with one attached hydrogen (secondary N) is 1. The van der Waals surface area contributed by atoms with Gasteiger partial charge in [-0.2, -0.15) is 0 Å². The summed E-state index contributed by atoms with van der Waals surface area (Å²) in [7, 11) is 3.26. The molecule has 1 aromatic heterocycles. The fraction of sp³-hybridized carbons (Fsp3) is 0.526. The molecule has 28 heavy (non-hydrogen) atoms. The summed E-state index contributed by atoms with van der Waals surface area (Å²) in [5, 5.41) is 11.1. The number of rotatable bonds is 6. The molecule has 0 aliphatic carbocycles. The second-order valence-electron chi connectivity index (χ2n) is 6.62. The van der Waals surface area contributed by atoms with Crippen LogP contribution in [0.3, 0.4) is 0 Å². The molecule has 0 radical (unpaired) electrons. The zero-order valence-electron chi connectivity index (χ0n) is 16.6. The van der Waals surface area contributed by atoms with Crippen LogP contribution in [-0.2, 0) is 17.8 Å². The van der Waals surface area contributed by atoms with Gasteiger partial charge in [0, 0.05) is 25.8 Å². The van der Waals surface area contributed by atoms with Gasteiger partial charge in [-0.05, 0) is 19.4 Å². The summed E-state index contributed by atoms with van der Waals surface area (Å²) < 4.78 is 18.2. The van der Waals surface area contributed by atoms with Crippen LogP contribution in [0.2, 0.25) is 0 Å². The minimum absolute atomic E-state index is 0.149. The average Bonchev–Trinajstić information content (AvgIpc) is 3.15. The fourth-order valence-electron chi connectivity index (χ4n) is 3.20. The van der Waals surface area contributed by atoms with Gasteiger partial charge >= 0.3 is 6.03 Å². The van der Waals surface area contributed by atoms with E-state index in [0.717, 1.165) is 12.0 Å². The predicted octanol–water partition coefficient (Wildman–Crippen LogP) is 1.99. The summed E-state index contributed by atoms with van der Waals surface area (Å²) in [6.45, 7) is 4.66. The summed E-state index contributed by atoms with van der Waals surface area (Å²) in [6, 6.07) is 5.29. The van der Waals surface area contributed by atoms with Crippen LogP contribution >= 0.6 is 0 Å². The molecule has 9 nitrogen and oxygen atoms in total. The molecule has 0 saturated heterocycles. The Kier molecular flexibility index (Phi) is 6.70. The van der Waals surface area contributed by atoms with Crippen molar-refractivity contribution in [3.63, 3.8) is 0 Å². The summed E-state index contributed by atoms with van der Waals surface area (Å²) in [4.78, 5) is 14.7. The topological polar surface area (TPSA) is 90.7 Å². The lowest BCUT2D eigenvalue weighted by atomic mass is 10.1. The third-order valence-electron chi connectivity index (χ3n) is 4.66. The van der Waals surface area contributed by atoms with Gasteiger partial charge in [0.05, 0.1) is 32.9 Å². The van der Waals surface area contributed by atoms with E-state index in [0.29, 0.717) is 50.2 Å². The van der Waals surface area contributed by atoms with Crippen LogP contribution in [0.15, 0.2) is 24.5 Å². The fourth-order valence-corrected chi connectivity index (χ4v) is 3.20. The SMILES string of the molecule is COCCn1cnnc1C(C)NC(=O)N1CCCOc2c(cccc2OC)C1. The second kappa shape index (κ2) is 9.41. The maximum absolute atomic E-state index is 12.9. The number of fused-ring (bicyclic) bond motifs is 1. The van der Waals surface area contributed by atoms with Crippen molar-refractivity contribution in [1.82, 2.24) is 25.0 Å². The van der Waals surface area contributed by atoms with E-state index in [1.165, 1.54) is 0 Å². The summed E-state index contributed by atoms with van der Waals surface area (Å²) in [5.74, 6) is 2.08. The van der Waals surface area contributed by atoms with Crippen LogP contribution in [-0.4, -0.2) is 59.7 Å². The van der Waals surface area contributed by atoms with Crippen LogP contribution in [0.5, 0.6) is 11.5 Å². The zero-order chi connectivity index (χ0) is 19.9. The van der Waals surface area contributed by atoms with E-state index in [4.69, 9.17) is 14.2 Å². The summed E-state index contributed by atoms with van der Waals surface area (Å²) in [6.07, 6.45) is 2.39. The molecule has 1 aromatic carbocycles. The molecule has 3 rings (SSSR count). The van der Waals surface area contributed by atoms with Gasteiger partial charge in [0.25, 0.3) is 0 Å². The lowest BCUT2D eigenvalue weighted by molar-refractivity contribution is 0.175. The van der Waals surface area contributed by atoms with E-state index in [-0.39, 0.29) is 12.1 Å². The van der Waals surface area contributed by atoms with Crippen molar-refractivity contribution < 1.29 is 19.0 Å². The van der Waals surface area contributed by atoms with Gasteiger partial charge in [-0.3, -0.25) is 0 Å². The molecule has 152 valence electrons. The number of hydrogen-bond donors (Lipinski definition) is 1. The smallest absolute Gasteiger partial charge is 0.318 e. The van der Waals surface area contributed by atoms with Gasteiger partial charge < -0.3 is 29.0 Å². The van der Waals surface area contributed by atoms with E-state index >= 15 is 0 Å². The molecular weight excluding hydrogens is 362 g/mol. The average molecular weight is 389 g/mol. The highest BCUT2D eigenvalue weighted by Gasteiger charge is 2.23. The molecular formula is C19H27N5O4. The summed E-state index contributed by atoms with van der Waals surface area (Å²) in [5.41, 5.74) is 0.921. The van der Waals surface area contributed by atoms with Crippen LogP contribution in [0.25, 0.3) is 0 Å². The molecule has 1 atom stereocenters. The van der Waals surface area contributed by atoms with Crippen molar-refractivity contribution in [2.24, 2.45) is 0 Å². The van der Waals surface area contributed by atoms with Crippen LogP contribution in [0, 0.1) is 0 Å². The number of amides is 2. The largest absolute Gasteiger partial charge is 0.493 e. The maximum Gasteiger partial charge on any atom is 0.318 e. The minimum atomic E-state index is -0.279. The first-order chi connectivity index (χ1) is 13.6. The lowest BCUT2D eigenvalue weighted by Gasteiger charge is -2.28. The Bertz CT molecular complexity index is 794. The number of hydrogen-bond acceptors (Lipinski definition) is 6. The molecule has 9 heteroatoms. The Morgan fingerprint density at radius 3 is 3.04 bits per heavy atom. The number of para-hydroxylation sites is 1. The Morgan fingerprint density at radius 1 is 1.39 bits per heavy atom. The standard InChI is InChI=1S/C19H27N5O4/c1-14(18-22-20-13-24(18)9-11-26-2)21-19(25)23-8-5-10-28-17-15(12-23)6-4-7-16(17)27-3/h4,6-7,13-14H,5,8-12H2,1-3H3,(H,21,25). The van der Waals surface area contributed by atoms with Gasteiger partial charge in [-0.1, -0.05) is 12.1 Å². The number of ether oxygens (including phenoxy) is 3. The van der Waals surface area contributed by atoms with Crippen molar-refractivity contribution in [2.45, 2.75) is 32.5 Å². The molecule has 0 bridgehead atoms. The zero-order valence-corrected chi connectivity index (χ0v) is 16.6. The molecule has 2 heterocycles. The van der Waals surface area contributed by atoms with Gasteiger partial charge in [-0.25, -0.2) is 4.79 Å². The highest BCUT2D eigenvalue weighted by Crippen LogP contribution is 2.33. The molecule has 1 unspecified atom stereocenters. The van der Waals surface area contributed by atoms with Crippen LogP contribution in [0.1, 0.15) is 30.8 Å². The highest BCUT2D eigenvalue weighted by atomic mass is 16.5. The minimum Gasteiger partial charge on any atom is -0.493 e. The van der Waals surface area contributed by atoms with Gasteiger partial charge in [0.1, 0.15) is 6.33 Å². The van der Waals surface area contributed by atoms with Crippen molar-refractivity contribution in [1.29, 1.82) is 0 Å². The van der Waals surface area contributed by atoms with Crippen molar-refractivity contribution >= 4 is 6.03 Å². The molecule has 1 aliphatic heterocycles. The molecule has 0 spiro atoms. The van der Waals surface area contributed by atoms with Crippen molar-refractivity contribution in [3.8, 4) is 11.5 Å². The third kappa shape index (κ3) is 4.53. The maximum atomic E-state index is 12.9. The van der Waals surface area contributed by atoms with Crippen LogP contribution in [0.4, 0.5) is 4.79 Å². The Balaban J connectivity index is 1.70. The van der Waals surface area contributed by atoms with Gasteiger partial charge in [0.15, 0.2) is 17.3 Å². The van der Waals surface area contributed by atoms with Gasteiger partial charge in [-0.15, -0.1) is 10.2 Å². The first-order valence-corrected chi connectivity index (χ1v) is 9.34. The molecule has 2 aromatic rings. The van der Waals surface area contributed by atoms with Gasteiger partial charge in [0.2, 0.25) is 0 Å². The molecule has 1 aliphatic rings. The van der Waals surface area contributed by atoms with E-state index in [1.807, 2.05) is 29.7 Å². The number of benzene rings is 1. The van der Waals surface area contributed by atoms with Crippen LogP contribution < -0.4 is 14.8 Å². The lowest BCUT2D eigenvalue weighted by Crippen LogP contribution is -2.42. The Morgan fingerprint density at radius 2 is 2.25 bits per heavy atom. The molecule has 1 N–H and O–H groups in total. The third-order valence-corrected chi connectivity index (χ3v) is 4.66.